The first-order valence-electron chi connectivity index (χ1n) is 7.97. The molecular formula is C18H31NO2. The number of benzene rings is 1. The zero-order valence-electron chi connectivity index (χ0n) is 14.2. The molecule has 0 bridgehead atoms. The Balaban J connectivity index is 2.69. The normalized spacial score (nSPS) is 13.2. The molecule has 0 saturated heterocycles. The lowest BCUT2D eigenvalue weighted by atomic mass is 10.1. The molecule has 0 heterocycles. The van der Waals surface area contributed by atoms with Gasteiger partial charge in [0.25, 0.3) is 0 Å². The average molecular weight is 293 g/mol. The van der Waals surface area contributed by atoms with Crippen molar-refractivity contribution in [3.63, 3.8) is 0 Å². The highest BCUT2D eigenvalue weighted by Gasteiger charge is 2.17. The van der Waals surface area contributed by atoms with Gasteiger partial charge in [-0.3, -0.25) is 0 Å². The van der Waals surface area contributed by atoms with Crippen LogP contribution in [0.25, 0.3) is 0 Å². The molecule has 0 aliphatic rings. The van der Waals surface area contributed by atoms with E-state index in [0.29, 0.717) is 0 Å². The largest absolute Gasteiger partial charge is 0.497 e. The Bertz CT molecular complexity index is 398. The number of hydrogen-bond donors (Lipinski definition) is 1. The SMILES string of the molecule is CCCCCOC(CNC(C)(C)C)c1cccc(OC)c1. The van der Waals surface area contributed by atoms with Gasteiger partial charge in [-0.25, -0.2) is 0 Å². The van der Waals surface area contributed by atoms with Crippen molar-refractivity contribution in [3.05, 3.63) is 29.8 Å². The van der Waals surface area contributed by atoms with E-state index >= 15 is 0 Å². The van der Waals surface area contributed by atoms with E-state index in [1.54, 1.807) is 7.11 Å². The van der Waals surface area contributed by atoms with Gasteiger partial charge in [0.15, 0.2) is 0 Å². The summed E-state index contributed by atoms with van der Waals surface area (Å²) in [4.78, 5) is 0. The van der Waals surface area contributed by atoms with Gasteiger partial charge in [0.1, 0.15) is 5.75 Å². The van der Waals surface area contributed by atoms with Gasteiger partial charge < -0.3 is 14.8 Å². The molecular weight excluding hydrogens is 262 g/mol. The van der Waals surface area contributed by atoms with Gasteiger partial charge in [-0.2, -0.15) is 0 Å². The molecule has 1 unspecified atom stereocenters. The molecule has 3 heteroatoms. The Labute approximate surface area is 130 Å². The van der Waals surface area contributed by atoms with Crippen LogP contribution in [-0.2, 0) is 4.74 Å². The van der Waals surface area contributed by atoms with Crippen LogP contribution in [-0.4, -0.2) is 25.8 Å². The van der Waals surface area contributed by atoms with Crippen LogP contribution in [0.2, 0.25) is 0 Å². The quantitative estimate of drug-likeness (QED) is 0.687. The monoisotopic (exact) mass is 293 g/mol. The van der Waals surface area contributed by atoms with E-state index in [2.05, 4.69) is 45.1 Å². The van der Waals surface area contributed by atoms with Crippen molar-refractivity contribution in [2.45, 2.75) is 58.6 Å². The van der Waals surface area contributed by atoms with Crippen molar-refractivity contribution in [1.82, 2.24) is 5.32 Å². The van der Waals surface area contributed by atoms with Gasteiger partial charge in [0.2, 0.25) is 0 Å². The maximum absolute atomic E-state index is 6.11. The van der Waals surface area contributed by atoms with Gasteiger partial charge in [-0.15, -0.1) is 0 Å². The van der Waals surface area contributed by atoms with Crippen molar-refractivity contribution in [3.8, 4) is 5.75 Å². The highest BCUT2D eigenvalue weighted by atomic mass is 16.5. The summed E-state index contributed by atoms with van der Waals surface area (Å²) in [7, 11) is 1.70. The Morgan fingerprint density at radius 3 is 2.57 bits per heavy atom. The van der Waals surface area contributed by atoms with E-state index in [1.807, 2.05) is 12.1 Å². The molecule has 0 radical (unpaired) electrons. The summed E-state index contributed by atoms with van der Waals surface area (Å²) in [6, 6.07) is 8.16. The Morgan fingerprint density at radius 1 is 1.19 bits per heavy atom. The number of ether oxygens (including phenoxy) is 2. The minimum absolute atomic E-state index is 0.0659. The number of nitrogens with one attached hydrogen (secondary N) is 1. The lowest BCUT2D eigenvalue weighted by molar-refractivity contribution is 0.0457. The van der Waals surface area contributed by atoms with Crippen molar-refractivity contribution in [1.29, 1.82) is 0 Å². The summed E-state index contributed by atoms with van der Waals surface area (Å²) >= 11 is 0. The highest BCUT2D eigenvalue weighted by Crippen LogP contribution is 2.22. The molecule has 21 heavy (non-hydrogen) atoms. The van der Waals surface area contributed by atoms with Gasteiger partial charge in [-0.1, -0.05) is 31.9 Å². The first-order chi connectivity index (χ1) is 9.96. The van der Waals surface area contributed by atoms with Gasteiger partial charge >= 0.3 is 0 Å². The second-order valence-corrected chi connectivity index (χ2v) is 6.47. The lowest BCUT2D eigenvalue weighted by Crippen LogP contribution is -2.39. The third-order valence-corrected chi connectivity index (χ3v) is 3.35. The molecule has 1 aromatic rings. The second-order valence-electron chi connectivity index (χ2n) is 6.47. The summed E-state index contributed by atoms with van der Waals surface area (Å²) in [6.45, 7) is 10.3. The van der Waals surface area contributed by atoms with Gasteiger partial charge in [0.05, 0.1) is 13.2 Å². The van der Waals surface area contributed by atoms with Crippen LogP contribution in [0.4, 0.5) is 0 Å². The first kappa shape index (κ1) is 18.0. The van der Waals surface area contributed by atoms with Crippen molar-refractivity contribution < 1.29 is 9.47 Å². The van der Waals surface area contributed by atoms with Crippen LogP contribution in [0.1, 0.15) is 58.6 Å². The van der Waals surface area contributed by atoms with Crippen LogP contribution >= 0.6 is 0 Å². The number of unbranched alkanes of at least 4 members (excludes halogenated alkanes) is 2. The average Bonchev–Trinajstić information content (AvgIpc) is 2.45. The summed E-state index contributed by atoms with van der Waals surface area (Å²) in [5.74, 6) is 0.880. The minimum Gasteiger partial charge on any atom is -0.497 e. The summed E-state index contributed by atoms with van der Waals surface area (Å²) in [5, 5.41) is 3.53. The molecule has 1 N–H and O–H groups in total. The van der Waals surface area contributed by atoms with E-state index in [0.717, 1.165) is 25.3 Å². The van der Waals surface area contributed by atoms with Crippen LogP contribution < -0.4 is 10.1 Å². The van der Waals surface area contributed by atoms with Crippen LogP contribution in [0.5, 0.6) is 5.75 Å². The Morgan fingerprint density at radius 2 is 1.95 bits per heavy atom. The molecule has 0 aliphatic heterocycles. The molecule has 1 atom stereocenters. The molecule has 0 spiro atoms. The van der Waals surface area contributed by atoms with E-state index < -0.39 is 0 Å². The Kier molecular flexibility index (Phi) is 7.76. The number of rotatable bonds is 9. The predicted molar refractivity (Wildman–Crippen MR) is 89.0 cm³/mol. The fourth-order valence-electron chi connectivity index (χ4n) is 2.09. The smallest absolute Gasteiger partial charge is 0.119 e. The molecule has 1 rings (SSSR count). The second kappa shape index (κ2) is 9.06. The van der Waals surface area contributed by atoms with Crippen molar-refractivity contribution in [2.75, 3.05) is 20.3 Å². The van der Waals surface area contributed by atoms with Crippen molar-refractivity contribution in [2.24, 2.45) is 0 Å². The van der Waals surface area contributed by atoms with Crippen LogP contribution in [0, 0.1) is 0 Å². The van der Waals surface area contributed by atoms with Crippen LogP contribution in [0.15, 0.2) is 24.3 Å². The third-order valence-electron chi connectivity index (χ3n) is 3.35. The Hall–Kier alpha value is -1.06. The zero-order chi connectivity index (χ0) is 15.7. The topological polar surface area (TPSA) is 30.5 Å². The summed E-state index contributed by atoms with van der Waals surface area (Å²) in [5.41, 5.74) is 1.26. The van der Waals surface area contributed by atoms with Gasteiger partial charge in [-0.05, 0) is 44.9 Å². The predicted octanol–water partition coefficient (Wildman–Crippen LogP) is 4.33. The zero-order valence-corrected chi connectivity index (χ0v) is 14.2. The molecule has 0 amide bonds. The maximum Gasteiger partial charge on any atom is 0.119 e. The van der Waals surface area contributed by atoms with Crippen LogP contribution in [0.3, 0.4) is 0 Å². The number of methoxy groups -OCH3 is 1. The third kappa shape index (κ3) is 7.49. The lowest BCUT2D eigenvalue weighted by Gasteiger charge is -2.26. The molecule has 0 saturated carbocycles. The maximum atomic E-state index is 6.11. The molecule has 0 fully saturated rings. The molecule has 0 aliphatic carbocycles. The fourth-order valence-corrected chi connectivity index (χ4v) is 2.09. The minimum atomic E-state index is 0.0659. The van der Waals surface area contributed by atoms with E-state index in [1.165, 1.54) is 18.4 Å². The fraction of sp³-hybridized carbons (Fsp3) is 0.667. The molecule has 120 valence electrons. The van der Waals surface area contributed by atoms with Crippen molar-refractivity contribution >= 4 is 0 Å². The van der Waals surface area contributed by atoms with Gasteiger partial charge in [0, 0.05) is 18.7 Å². The van der Waals surface area contributed by atoms with E-state index in [4.69, 9.17) is 9.47 Å². The van der Waals surface area contributed by atoms with E-state index in [9.17, 15) is 0 Å². The standard InChI is InChI=1S/C18H31NO2/c1-6-7-8-12-21-17(14-19-18(2,3)4)15-10-9-11-16(13-15)20-5/h9-11,13,17,19H,6-8,12,14H2,1-5H3. The molecule has 1 aromatic carbocycles. The summed E-state index contributed by atoms with van der Waals surface area (Å²) in [6.07, 6.45) is 3.62. The number of hydrogen-bond acceptors (Lipinski definition) is 3. The molecule has 3 nitrogen and oxygen atoms in total. The summed E-state index contributed by atoms with van der Waals surface area (Å²) < 4.78 is 11.4. The first-order valence-corrected chi connectivity index (χ1v) is 7.97. The molecule has 0 aromatic heterocycles. The highest BCUT2D eigenvalue weighted by molar-refractivity contribution is 5.30. The van der Waals surface area contributed by atoms with E-state index in [-0.39, 0.29) is 11.6 Å².